The predicted octanol–water partition coefficient (Wildman–Crippen LogP) is 3.41. The van der Waals surface area contributed by atoms with Gasteiger partial charge in [-0.3, -0.25) is 19.4 Å². The zero-order valence-electron chi connectivity index (χ0n) is 22.3. The van der Waals surface area contributed by atoms with Gasteiger partial charge in [0.25, 0.3) is 0 Å². The van der Waals surface area contributed by atoms with Crippen molar-refractivity contribution in [2.24, 2.45) is 0 Å². The van der Waals surface area contributed by atoms with Gasteiger partial charge in [-0.2, -0.15) is 0 Å². The fourth-order valence-electron chi connectivity index (χ4n) is 4.34. The molecule has 5 rings (SSSR count). The lowest BCUT2D eigenvalue weighted by atomic mass is 9.94. The number of carbonyl (C=O) groups is 3. The normalized spacial score (nSPS) is 18.8. The smallest absolute Gasteiger partial charge is 0.303 e. The fourth-order valence-corrected chi connectivity index (χ4v) is 5.13. The predicted molar refractivity (Wildman–Crippen MR) is 147 cm³/mol. The third-order valence-corrected chi connectivity index (χ3v) is 6.92. The number of benzene rings is 1. The molecule has 0 spiro atoms. The summed E-state index contributed by atoms with van der Waals surface area (Å²) >= 11 is 1.50. The van der Waals surface area contributed by atoms with Gasteiger partial charge in [-0.1, -0.05) is 17.3 Å². The molecule has 210 valence electrons. The van der Waals surface area contributed by atoms with Gasteiger partial charge < -0.3 is 18.9 Å². The molecule has 0 aliphatic carbocycles. The summed E-state index contributed by atoms with van der Waals surface area (Å²) in [6, 6.07) is 9.37. The summed E-state index contributed by atoms with van der Waals surface area (Å²) in [7, 11) is 0. The monoisotopic (exact) mass is 575 g/mol. The number of thiazole rings is 1. The van der Waals surface area contributed by atoms with Gasteiger partial charge >= 0.3 is 17.9 Å². The SMILES string of the molecule is CC(=O)OC[C@H]1OC=C(/C=C(\c2cccnc2)c2cn(-c3cccc4ncsc34)nn2)[C@@H](OC(C)=O)[C@@H]1OC(C)=O. The molecule has 0 saturated carbocycles. The van der Waals surface area contributed by atoms with Gasteiger partial charge in [0.2, 0.25) is 0 Å². The molecular weight excluding hydrogens is 550 g/mol. The summed E-state index contributed by atoms with van der Waals surface area (Å²) in [4.78, 5) is 44.2. The number of nitrogens with zero attached hydrogens (tertiary/aromatic N) is 5. The van der Waals surface area contributed by atoms with E-state index in [1.807, 2.05) is 24.3 Å². The molecule has 4 aromatic rings. The van der Waals surface area contributed by atoms with Crippen molar-refractivity contribution in [3.05, 3.63) is 83.6 Å². The number of aromatic nitrogens is 5. The van der Waals surface area contributed by atoms with Gasteiger partial charge in [-0.25, -0.2) is 9.67 Å². The number of carbonyl (C=O) groups excluding carboxylic acids is 3. The first-order valence-electron chi connectivity index (χ1n) is 12.5. The molecule has 0 N–H and O–H groups in total. The van der Waals surface area contributed by atoms with Crippen LogP contribution < -0.4 is 0 Å². The highest BCUT2D eigenvalue weighted by Crippen LogP contribution is 2.32. The Hall–Kier alpha value is -4.91. The van der Waals surface area contributed by atoms with E-state index < -0.39 is 36.2 Å². The Morgan fingerprint density at radius 3 is 2.63 bits per heavy atom. The minimum atomic E-state index is -1.10. The molecule has 1 aromatic carbocycles. The van der Waals surface area contributed by atoms with Gasteiger partial charge in [-0.05, 0) is 24.3 Å². The van der Waals surface area contributed by atoms with Crippen molar-refractivity contribution < 1.29 is 33.3 Å². The molecule has 3 atom stereocenters. The average Bonchev–Trinajstić information content (AvgIpc) is 3.62. The zero-order chi connectivity index (χ0) is 28.9. The van der Waals surface area contributed by atoms with E-state index in [1.165, 1.54) is 38.4 Å². The van der Waals surface area contributed by atoms with E-state index in [9.17, 15) is 14.4 Å². The molecular formula is C28H25N5O7S. The van der Waals surface area contributed by atoms with Crippen LogP contribution in [-0.2, 0) is 33.3 Å². The molecule has 13 heteroatoms. The van der Waals surface area contributed by atoms with E-state index in [0.29, 0.717) is 22.4 Å². The van der Waals surface area contributed by atoms with Crippen LogP contribution in [0.3, 0.4) is 0 Å². The van der Waals surface area contributed by atoms with Gasteiger partial charge in [-0.15, -0.1) is 16.4 Å². The summed E-state index contributed by atoms with van der Waals surface area (Å²) in [6.45, 7) is 3.51. The van der Waals surface area contributed by atoms with E-state index in [2.05, 4.69) is 20.3 Å². The molecule has 4 heterocycles. The van der Waals surface area contributed by atoms with Crippen LogP contribution in [0.15, 0.2) is 72.3 Å². The highest BCUT2D eigenvalue weighted by molar-refractivity contribution is 7.17. The van der Waals surface area contributed by atoms with Crippen molar-refractivity contribution in [1.29, 1.82) is 0 Å². The van der Waals surface area contributed by atoms with Crippen molar-refractivity contribution in [2.45, 2.75) is 39.1 Å². The largest absolute Gasteiger partial charge is 0.490 e. The number of hydrogen-bond acceptors (Lipinski definition) is 12. The molecule has 41 heavy (non-hydrogen) atoms. The van der Waals surface area contributed by atoms with Gasteiger partial charge in [0, 0.05) is 49.9 Å². The van der Waals surface area contributed by atoms with Crippen LogP contribution in [0.1, 0.15) is 32.0 Å². The first kappa shape index (κ1) is 27.6. The minimum absolute atomic E-state index is 0.217. The number of pyridine rings is 1. The summed E-state index contributed by atoms with van der Waals surface area (Å²) < 4.78 is 24.7. The lowest BCUT2D eigenvalue weighted by Crippen LogP contribution is -2.49. The summed E-state index contributed by atoms with van der Waals surface area (Å²) in [5.74, 6) is -1.77. The molecule has 1 aliphatic rings. The molecule has 0 bridgehead atoms. The second-order valence-electron chi connectivity index (χ2n) is 9.02. The topological polar surface area (TPSA) is 145 Å². The Kier molecular flexibility index (Phi) is 8.15. The van der Waals surface area contributed by atoms with Gasteiger partial charge in [0.05, 0.1) is 33.9 Å². The van der Waals surface area contributed by atoms with Crippen LogP contribution in [0, 0.1) is 0 Å². The van der Waals surface area contributed by atoms with Crippen LogP contribution >= 0.6 is 11.3 Å². The molecule has 0 radical (unpaired) electrons. The second kappa shape index (κ2) is 12.1. The summed E-state index contributed by atoms with van der Waals surface area (Å²) in [5, 5.41) is 8.79. The lowest BCUT2D eigenvalue weighted by Gasteiger charge is -2.35. The molecule has 0 fully saturated rings. The van der Waals surface area contributed by atoms with Crippen molar-refractivity contribution >= 4 is 45.0 Å². The Bertz CT molecular complexity index is 1650. The Balaban J connectivity index is 1.59. The number of hydrogen-bond donors (Lipinski definition) is 0. The van der Waals surface area contributed by atoms with Gasteiger partial charge in [0.15, 0.2) is 18.3 Å². The minimum Gasteiger partial charge on any atom is -0.490 e. The number of fused-ring (bicyclic) bond motifs is 1. The van der Waals surface area contributed by atoms with Crippen LogP contribution in [-0.4, -0.2) is 67.8 Å². The Labute approximate surface area is 238 Å². The van der Waals surface area contributed by atoms with Crippen LogP contribution in [0.2, 0.25) is 0 Å². The maximum absolute atomic E-state index is 12.2. The molecule has 0 saturated heterocycles. The molecule has 0 amide bonds. The quantitative estimate of drug-likeness (QED) is 0.225. The zero-order valence-corrected chi connectivity index (χ0v) is 23.1. The average molecular weight is 576 g/mol. The van der Waals surface area contributed by atoms with Crippen LogP contribution in [0.4, 0.5) is 0 Å². The summed E-state index contributed by atoms with van der Waals surface area (Å²) in [5.41, 5.74) is 5.59. The van der Waals surface area contributed by atoms with E-state index in [-0.39, 0.29) is 6.61 Å². The maximum Gasteiger partial charge on any atom is 0.303 e. The van der Waals surface area contributed by atoms with Crippen molar-refractivity contribution in [3.63, 3.8) is 0 Å². The highest BCUT2D eigenvalue weighted by Gasteiger charge is 2.42. The van der Waals surface area contributed by atoms with Crippen molar-refractivity contribution in [2.75, 3.05) is 6.61 Å². The van der Waals surface area contributed by atoms with E-state index >= 15 is 0 Å². The van der Waals surface area contributed by atoms with E-state index in [1.54, 1.807) is 40.9 Å². The number of ether oxygens (including phenoxy) is 4. The van der Waals surface area contributed by atoms with Crippen molar-refractivity contribution in [3.8, 4) is 5.69 Å². The lowest BCUT2D eigenvalue weighted by molar-refractivity contribution is -0.180. The Morgan fingerprint density at radius 1 is 1.07 bits per heavy atom. The first-order valence-corrected chi connectivity index (χ1v) is 13.4. The third kappa shape index (κ3) is 6.30. The molecule has 12 nitrogen and oxygen atoms in total. The summed E-state index contributed by atoms with van der Waals surface area (Å²) in [6.07, 6.45) is 5.10. The number of rotatable bonds is 8. The van der Waals surface area contributed by atoms with Crippen LogP contribution in [0.5, 0.6) is 0 Å². The Morgan fingerprint density at radius 2 is 1.90 bits per heavy atom. The van der Waals surface area contributed by atoms with E-state index in [4.69, 9.17) is 18.9 Å². The standard InChI is InChI=1S/C28H25N5O7S/c1-16(34)37-14-25-27(40-18(3)36)26(39-17(2)35)20(13-38-25)10-21(19-6-5-9-29-11-19)23-12-33(32-31-23)24-8-4-7-22-28(24)41-15-30-22/h4-13,15,25-27H,14H2,1-3H3/b21-10+/t25-,26-,27-/m1/s1. The van der Waals surface area contributed by atoms with Crippen LogP contribution in [0.25, 0.3) is 21.5 Å². The molecule has 3 aromatic heterocycles. The van der Waals surface area contributed by atoms with E-state index in [0.717, 1.165) is 15.9 Å². The first-order chi connectivity index (χ1) is 19.8. The third-order valence-electron chi connectivity index (χ3n) is 6.05. The molecule has 1 aliphatic heterocycles. The number of esters is 3. The maximum atomic E-state index is 12.2. The van der Waals surface area contributed by atoms with Crippen molar-refractivity contribution in [1.82, 2.24) is 25.0 Å². The fraction of sp³-hybridized carbons (Fsp3) is 0.250. The highest BCUT2D eigenvalue weighted by atomic mass is 32.1. The molecule has 0 unspecified atom stereocenters. The second-order valence-corrected chi connectivity index (χ2v) is 9.88. The van der Waals surface area contributed by atoms with Gasteiger partial charge in [0.1, 0.15) is 12.3 Å².